The zero-order valence-electron chi connectivity index (χ0n) is 14.1. The lowest BCUT2D eigenvalue weighted by Crippen LogP contribution is -2.18. The average molecular weight is 356 g/mol. The standard InChI is InChI=1S/C19H17FN2O4/c1-25-17-10-12(11-21-22-18(23)13-3-4-13)2-9-16(17)26-19(24)14-5-7-15(20)8-6-14/h2,5-11,13H,3-4H2,1H3,(H,22,23)/b21-11+. The van der Waals surface area contributed by atoms with E-state index in [0.717, 1.165) is 12.8 Å². The number of nitrogens with zero attached hydrogens (tertiary/aromatic N) is 1. The molecule has 0 aromatic heterocycles. The first-order valence-electron chi connectivity index (χ1n) is 8.05. The Morgan fingerprint density at radius 2 is 1.88 bits per heavy atom. The summed E-state index contributed by atoms with van der Waals surface area (Å²) in [5.74, 6) is -0.509. The molecule has 0 spiro atoms. The Morgan fingerprint density at radius 1 is 1.15 bits per heavy atom. The van der Waals surface area contributed by atoms with E-state index in [1.807, 2.05) is 0 Å². The third-order valence-corrected chi connectivity index (χ3v) is 3.81. The molecule has 134 valence electrons. The number of hydrazone groups is 1. The van der Waals surface area contributed by atoms with E-state index in [2.05, 4.69) is 10.5 Å². The van der Waals surface area contributed by atoms with Crippen LogP contribution < -0.4 is 14.9 Å². The second kappa shape index (κ2) is 7.77. The molecule has 0 bridgehead atoms. The summed E-state index contributed by atoms with van der Waals surface area (Å²) >= 11 is 0. The first-order valence-corrected chi connectivity index (χ1v) is 8.05. The van der Waals surface area contributed by atoms with Crippen LogP contribution in [0.5, 0.6) is 11.5 Å². The lowest BCUT2D eigenvalue weighted by Gasteiger charge is -2.10. The molecular weight excluding hydrogens is 339 g/mol. The summed E-state index contributed by atoms with van der Waals surface area (Å²) in [7, 11) is 1.44. The van der Waals surface area contributed by atoms with E-state index < -0.39 is 11.8 Å². The molecule has 1 aliphatic rings. The second-order valence-corrected chi connectivity index (χ2v) is 5.82. The smallest absolute Gasteiger partial charge is 0.343 e. The molecular formula is C19H17FN2O4. The number of nitrogens with one attached hydrogen (secondary N) is 1. The third kappa shape index (κ3) is 4.44. The Morgan fingerprint density at radius 3 is 2.54 bits per heavy atom. The number of benzene rings is 2. The van der Waals surface area contributed by atoms with Crippen molar-refractivity contribution in [1.82, 2.24) is 5.43 Å². The van der Waals surface area contributed by atoms with Crippen LogP contribution in [0.3, 0.4) is 0 Å². The molecule has 0 unspecified atom stereocenters. The summed E-state index contributed by atoms with van der Waals surface area (Å²) in [6, 6.07) is 9.90. The van der Waals surface area contributed by atoms with E-state index >= 15 is 0 Å². The lowest BCUT2D eigenvalue weighted by atomic mass is 10.2. The Hall–Kier alpha value is -3.22. The number of ether oxygens (including phenoxy) is 2. The molecule has 0 saturated heterocycles. The van der Waals surface area contributed by atoms with Crippen molar-refractivity contribution in [3.05, 3.63) is 59.4 Å². The van der Waals surface area contributed by atoms with Crippen LogP contribution in [-0.2, 0) is 4.79 Å². The lowest BCUT2D eigenvalue weighted by molar-refractivity contribution is -0.122. The fourth-order valence-corrected chi connectivity index (χ4v) is 2.20. The van der Waals surface area contributed by atoms with Gasteiger partial charge in [0.25, 0.3) is 0 Å². The minimum atomic E-state index is -0.624. The van der Waals surface area contributed by atoms with E-state index in [-0.39, 0.29) is 23.1 Å². The highest BCUT2D eigenvalue weighted by atomic mass is 19.1. The van der Waals surface area contributed by atoms with Crippen LogP contribution in [0.2, 0.25) is 0 Å². The summed E-state index contributed by atoms with van der Waals surface area (Å²) < 4.78 is 23.5. The largest absolute Gasteiger partial charge is 0.493 e. The van der Waals surface area contributed by atoms with Crippen molar-refractivity contribution in [2.24, 2.45) is 11.0 Å². The molecule has 1 N–H and O–H groups in total. The highest BCUT2D eigenvalue weighted by Crippen LogP contribution is 2.29. The fraction of sp³-hybridized carbons (Fsp3) is 0.211. The molecule has 3 rings (SSSR count). The van der Waals surface area contributed by atoms with Gasteiger partial charge in [-0.3, -0.25) is 4.79 Å². The van der Waals surface area contributed by atoms with Crippen LogP contribution in [0, 0.1) is 11.7 Å². The first-order chi connectivity index (χ1) is 12.6. The van der Waals surface area contributed by atoms with Gasteiger partial charge in [0.1, 0.15) is 5.82 Å². The number of esters is 1. The minimum Gasteiger partial charge on any atom is -0.493 e. The summed E-state index contributed by atoms with van der Waals surface area (Å²) in [5.41, 5.74) is 3.37. The molecule has 1 aliphatic carbocycles. The summed E-state index contributed by atoms with van der Waals surface area (Å²) in [4.78, 5) is 23.6. The number of hydrogen-bond donors (Lipinski definition) is 1. The molecule has 6 nitrogen and oxygen atoms in total. The average Bonchev–Trinajstić information content (AvgIpc) is 3.48. The topological polar surface area (TPSA) is 77.0 Å². The van der Waals surface area contributed by atoms with E-state index in [4.69, 9.17) is 9.47 Å². The minimum absolute atomic E-state index is 0.0786. The van der Waals surface area contributed by atoms with Gasteiger partial charge in [-0.1, -0.05) is 0 Å². The van der Waals surface area contributed by atoms with Crippen molar-refractivity contribution in [1.29, 1.82) is 0 Å². The van der Waals surface area contributed by atoms with Crippen molar-refractivity contribution in [2.75, 3.05) is 7.11 Å². The highest BCUT2D eigenvalue weighted by Gasteiger charge is 2.29. The molecule has 0 aliphatic heterocycles. The van der Waals surface area contributed by atoms with Crippen LogP contribution in [0.1, 0.15) is 28.8 Å². The van der Waals surface area contributed by atoms with Crippen LogP contribution >= 0.6 is 0 Å². The maximum absolute atomic E-state index is 12.9. The van der Waals surface area contributed by atoms with E-state index in [9.17, 15) is 14.0 Å². The number of hydrogen-bond acceptors (Lipinski definition) is 5. The van der Waals surface area contributed by atoms with Gasteiger partial charge in [0.2, 0.25) is 5.91 Å². The number of methoxy groups -OCH3 is 1. The molecule has 1 amide bonds. The van der Waals surface area contributed by atoms with Gasteiger partial charge >= 0.3 is 5.97 Å². The van der Waals surface area contributed by atoms with E-state index in [1.54, 1.807) is 18.2 Å². The van der Waals surface area contributed by atoms with Gasteiger partial charge in [0.05, 0.1) is 18.9 Å². The zero-order valence-corrected chi connectivity index (χ0v) is 14.1. The Kier molecular flexibility index (Phi) is 5.26. The SMILES string of the molecule is COc1cc(/C=N/NC(=O)C2CC2)ccc1OC(=O)c1ccc(F)cc1. The molecule has 26 heavy (non-hydrogen) atoms. The fourth-order valence-electron chi connectivity index (χ4n) is 2.20. The van der Waals surface area contributed by atoms with Gasteiger partial charge in [-0.25, -0.2) is 14.6 Å². The van der Waals surface area contributed by atoms with Gasteiger partial charge < -0.3 is 9.47 Å². The molecule has 0 radical (unpaired) electrons. The van der Waals surface area contributed by atoms with Gasteiger partial charge in [0.15, 0.2) is 11.5 Å². The van der Waals surface area contributed by atoms with Gasteiger partial charge in [-0.05, 0) is 60.9 Å². The summed E-state index contributed by atoms with van der Waals surface area (Å²) in [5, 5.41) is 3.90. The maximum atomic E-state index is 12.9. The van der Waals surface area contributed by atoms with Crippen LogP contribution in [0.4, 0.5) is 4.39 Å². The molecule has 1 saturated carbocycles. The Labute approximate surface area is 149 Å². The molecule has 0 heterocycles. The molecule has 0 atom stereocenters. The van der Waals surface area contributed by atoms with Crippen LogP contribution in [0.15, 0.2) is 47.6 Å². The highest BCUT2D eigenvalue weighted by molar-refractivity contribution is 5.91. The number of carbonyl (C=O) groups is 2. The number of rotatable bonds is 6. The second-order valence-electron chi connectivity index (χ2n) is 5.82. The summed E-state index contributed by atoms with van der Waals surface area (Å²) in [6.07, 6.45) is 3.29. The number of carbonyl (C=O) groups excluding carboxylic acids is 2. The molecule has 2 aromatic rings. The number of amides is 1. The predicted octanol–water partition coefficient (Wildman–Crippen LogP) is 2.91. The third-order valence-electron chi connectivity index (χ3n) is 3.81. The normalized spacial score (nSPS) is 13.5. The van der Waals surface area contributed by atoms with Gasteiger partial charge in [-0.2, -0.15) is 5.10 Å². The summed E-state index contributed by atoms with van der Waals surface area (Å²) in [6.45, 7) is 0. The van der Waals surface area contributed by atoms with Crippen molar-refractivity contribution in [2.45, 2.75) is 12.8 Å². The Bertz CT molecular complexity index is 845. The predicted molar refractivity (Wildman–Crippen MR) is 92.8 cm³/mol. The Balaban J connectivity index is 1.67. The monoisotopic (exact) mass is 356 g/mol. The number of halogens is 1. The van der Waals surface area contributed by atoms with Crippen molar-refractivity contribution in [3.8, 4) is 11.5 Å². The van der Waals surface area contributed by atoms with Crippen LogP contribution in [-0.4, -0.2) is 25.2 Å². The molecule has 7 heteroatoms. The first kappa shape index (κ1) is 17.6. The van der Waals surface area contributed by atoms with E-state index in [1.165, 1.54) is 37.6 Å². The van der Waals surface area contributed by atoms with Crippen molar-refractivity contribution in [3.63, 3.8) is 0 Å². The maximum Gasteiger partial charge on any atom is 0.343 e. The zero-order chi connectivity index (χ0) is 18.5. The van der Waals surface area contributed by atoms with Gasteiger partial charge in [-0.15, -0.1) is 0 Å². The van der Waals surface area contributed by atoms with E-state index in [0.29, 0.717) is 11.3 Å². The quantitative estimate of drug-likeness (QED) is 0.374. The molecule has 2 aromatic carbocycles. The van der Waals surface area contributed by atoms with Crippen molar-refractivity contribution < 1.29 is 23.5 Å². The van der Waals surface area contributed by atoms with Gasteiger partial charge in [0, 0.05) is 5.92 Å². The van der Waals surface area contributed by atoms with Crippen molar-refractivity contribution >= 4 is 18.1 Å². The molecule has 1 fully saturated rings. The van der Waals surface area contributed by atoms with Crippen LogP contribution in [0.25, 0.3) is 0 Å².